The molecule has 0 saturated heterocycles. The highest BCUT2D eigenvalue weighted by atomic mass is 19.1. The van der Waals surface area contributed by atoms with Crippen molar-refractivity contribution >= 4 is 17.3 Å². The number of nitrogens with one attached hydrogen (secondary N) is 2. The zero-order chi connectivity index (χ0) is 16.5. The zero-order valence-electron chi connectivity index (χ0n) is 12.4. The number of hydrogen-bond acceptors (Lipinski definition) is 4. The molecule has 7 heteroatoms. The molecule has 0 fully saturated rings. The standard InChI is InChI=1S/C17H12FN5O/c18-12-7-4-8-13(9-12)19-16-20-14(11-5-2-1-3-6-11)10-15-21-22-17(24)23(15)16/h1-10H,(H,19,20)(H,22,24). The fourth-order valence-electron chi connectivity index (χ4n) is 2.47. The second-order valence-electron chi connectivity index (χ2n) is 5.19. The van der Waals surface area contributed by atoms with Gasteiger partial charge in [-0.15, -0.1) is 0 Å². The minimum absolute atomic E-state index is 0.260. The number of hydrogen-bond donors (Lipinski definition) is 2. The lowest BCUT2D eigenvalue weighted by Crippen LogP contribution is -2.14. The minimum Gasteiger partial charge on any atom is -0.325 e. The molecule has 2 N–H and O–H groups in total. The molecular weight excluding hydrogens is 309 g/mol. The van der Waals surface area contributed by atoms with Crippen LogP contribution >= 0.6 is 0 Å². The van der Waals surface area contributed by atoms with Gasteiger partial charge in [0.2, 0.25) is 5.95 Å². The molecule has 4 rings (SSSR count). The normalized spacial score (nSPS) is 10.9. The van der Waals surface area contributed by atoms with Crippen molar-refractivity contribution in [2.75, 3.05) is 5.32 Å². The first-order chi connectivity index (χ1) is 11.7. The van der Waals surface area contributed by atoms with Gasteiger partial charge in [-0.1, -0.05) is 36.4 Å². The lowest BCUT2D eigenvalue weighted by molar-refractivity contribution is 0.628. The van der Waals surface area contributed by atoms with Crippen LogP contribution in [0.4, 0.5) is 16.0 Å². The van der Waals surface area contributed by atoms with E-state index in [1.165, 1.54) is 16.5 Å². The summed E-state index contributed by atoms with van der Waals surface area (Å²) < 4.78 is 14.7. The highest BCUT2D eigenvalue weighted by molar-refractivity contribution is 5.67. The molecule has 6 nitrogen and oxygen atoms in total. The van der Waals surface area contributed by atoms with Crippen LogP contribution in [0.2, 0.25) is 0 Å². The fraction of sp³-hybridized carbons (Fsp3) is 0. The summed E-state index contributed by atoms with van der Waals surface area (Å²) in [6.07, 6.45) is 0. The molecule has 0 spiro atoms. The number of aromatic nitrogens is 4. The number of fused-ring (bicyclic) bond motifs is 1. The van der Waals surface area contributed by atoms with Crippen molar-refractivity contribution in [2.24, 2.45) is 0 Å². The molecule has 0 unspecified atom stereocenters. The van der Waals surface area contributed by atoms with E-state index in [9.17, 15) is 9.18 Å². The largest absolute Gasteiger partial charge is 0.350 e. The van der Waals surface area contributed by atoms with Crippen LogP contribution in [0.3, 0.4) is 0 Å². The molecule has 2 heterocycles. The average Bonchev–Trinajstić information content (AvgIpc) is 2.97. The summed E-state index contributed by atoms with van der Waals surface area (Å²) in [6.45, 7) is 0. The van der Waals surface area contributed by atoms with Crippen molar-refractivity contribution in [3.8, 4) is 11.3 Å². The van der Waals surface area contributed by atoms with Crippen LogP contribution in [0.15, 0.2) is 65.5 Å². The Morgan fingerprint density at radius 1 is 1.04 bits per heavy atom. The molecular formula is C17H12FN5O. The molecule has 0 amide bonds. The highest BCUT2D eigenvalue weighted by Crippen LogP contribution is 2.22. The second kappa shape index (κ2) is 5.62. The van der Waals surface area contributed by atoms with E-state index in [1.807, 2.05) is 30.3 Å². The SMILES string of the molecule is O=c1[nH]nc2cc(-c3ccccc3)nc(Nc3cccc(F)c3)n12. The topological polar surface area (TPSA) is 75.1 Å². The van der Waals surface area contributed by atoms with E-state index < -0.39 is 5.69 Å². The molecule has 0 aliphatic heterocycles. The van der Waals surface area contributed by atoms with E-state index >= 15 is 0 Å². The summed E-state index contributed by atoms with van der Waals surface area (Å²) in [5.74, 6) is -0.120. The molecule has 24 heavy (non-hydrogen) atoms. The molecule has 0 aliphatic carbocycles. The number of aromatic amines is 1. The van der Waals surface area contributed by atoms with Gasteiger partial charge < -0.3 is 5.32 Å². The Hall–Kier alpha value is -3.48. The Morgan fingerprint density at radius 3 is 2.67 bits per heavy atom. The van der Waals surface area contributed by atoms with Crippen LogP contribution in [-0.4, -0.2) is 19.6 Å². The molecule has 0 atom stereocenters. The number of rotatable bonds is 3. The highest BCUT2D eigenvalue weighted by Gasteiger charge is 2.12. The third kappa shape index (κ3) is 2.52. The summed E-state index contributed by atoms with van der Waals surface area (Å²) in [4.78, 5) is 16.5. The van der Waals surface area contributed by atoms with E-state index in [0.29, 0.717) is 17.0 Å². The van der Waals surface area contributed by atoms with Gasteiger partial charge in [-0.2, -0.15) is 5.10 Å². The van der Waals surface area contributed by atoms with Gasteiger partial charge in [-0.3, -0.25) is 0 Å². The van der Waals surface area contributed by atoms with E-state index in [0.717, 1.165) is 5.56 Å². The minimum atomic E-state index is -0.420. The Balaban J connectivity index is 1.89. The monoisotopic (exact) mass is 321 g/mol. The Bertz CT molecular complexity index is 1070. The number of benzene rings is 2. The lowest BCUT2D eigenvalue weighted by atomic mass is 10.1. The summed E-state index contributed by atoms with van der Waals surface area (Å²) in [5.41, 5.74) is 2.03. The third-order valence-corrected chi connectivity index (χ3v) is 3.55. The predicted molar refractivity (Wildman–Crippen MR) is 88.7 cm³/mol. The van der Waals surface area contributed by atoms with Gasteiger partial charge in [0.1, 0.15) is 5.82 Å². The fourth-order valence-corrected chi connectivity index (χ4v) is 2.47. The van der Waals surface area contributed by atoms with Crippen LogP contribution < -0.4 is 11.0 Å². The number of halogens is 1. The summed E-state index contributed by atoms with van der Waals surface area (Å²) in [7, 11) is 0. The van der Waals surface area contributed by atoms with Crippen molar-refractivity contribution in [1.29, 1.82) is 0 Å². The summed E-state index contributed by atoms with van der Waals surface area (Å²) in [5, 5.41) is 9.37. The van der Waals surface area contributed by atoms with Crippen molar-refractivity contribution in [2.45, 2.75) is 0 Å². The Kier molecular flexibility index (Phi) is 3.31. The van der Waals surface area contributed by atoms with Crippen molar-refractivity contribution in [3.63, 3.8) is 0 Å². The maximum Gasteiger partial charge on any atom is 0.350 e. The molecule has 0 saturated carbocycles. The molecule has 2 aromatic carbocycles. The van der Waals surface area contributed by atoms with E-state index in [4.69, 9.17) is 0 Å². The van der Waals surface area contributed by atoms with Crippen molar-refractivity contribution < 1.29 is 4.39 Å². The first kappa shape index (κ1) is 14.1. The third-order valence-electron chi connectivity index (χ3n) is 3.55. The average molecular weight is 321 g/mol. The van der Waals surface area contributed by atoms with Gasteiger partial charge in [0.05, 0.1) is 5.69 Å². The lowest BCUT2D eigenvalue weighted by Gasteiger charge is -2.09. The van der Waals surface area contributed by atoms with E-state index in [2.05, 4.69) is 20.5 Å². The predicted octanol–water partition coefficient (Wildman–Crippen LogP) is 2.97. The molecule has 4 aromatic rings. The first-order valence-corrected chi connectivity index (χ1v) is 7.27. The Morgan fingerprint density at radius 2 is 1.88 bits per heavy atom. The van der Waals surface area contributed by atoms with Crippen LogP contribution in [0.1, 0.15) is 0 Å². The second-order valence-corrected chi connectivity index (χ2v) is 5.19. The quantitative estimate of drug-likeness (QED) is 0.608. The maximum absolute atomic E-state index is 13.4. The van der Waals surface area contributed by atoms with Crippen LogP contribution in [-0.2, 0) is 0 Å². The smallest absolute Gasteiger partial charge is 0.325 e. The Labute approximate surface area is 135 Å². The van der Waals surface area contributed by atoms with Crippen LogP contribution in [0.25, 0.3) is 16.9 Å². The van der Waals surface area contributed by atoms with Gasteiger partial charge in [0.25, 0.3) is 0 Å². The van der Waals surface area contributed by atoms with Crippen LogP contribution in [0.5, 0.6) is 0 Å². The molecule has 118 valence electrons. The zero-order valence-corrected chi connectivity index (χ0v) is 12.4. The van der Waals surface area contributed by atoms with Crippen molar-refractivity contribution in [1.82, 2.24) is 19.6 Å². The molecule has 0 radical (unpaired) electrons. The molecule has 0 bridgehead atoms. The van der Waals surface area contributed by atoms with E-state index in [-0.39, 0.29) is 11.8 Å². The number of H-pyrrole nitrogens is 1. The van der Waals surface area contributed by atoms with Gasteiger partial charge in [-0.05, 0) is 18.2 Å². The van der Waals surface area contributed by atoms with Gasteiger partial charge >= 0.3 is 5.69 Å². The number of nitrogens with zero attached hydrogens (tertiary/aromatic N) is 3. The first-order valence-electron chi connectivity index (χ1n) is 7.27. The summed E-state index contributed by atoms with van der Waals surface area (Å²) in [6, 6.07) is 17.2. The van der Waals surface area contributed by atoms with Gasteiger partial charge in [0.15, 0.2) is 5.65 Å². The number of anilines is 2. The molecule has 0 aliphatic rings. The van der Waals surface area contributed by atoms with Crippen molar-refractivity contribution in [3.05, 3.63) is 77.0 Å². The summed E-state index contributed by atoms with van der Waals surface area (Å²) >= 11 is 0. The van der Waals surface area contributed by atoms with Gasteiger partial charge in [0, 0.05) is 17.3 Å². The van der Waals surface area contributed by atoms with Gasteiger partial charge in [-0.25, -0.2) is 23.7 Å². The van der Waals surface area contributed by atoms with Crippen LogP contribution in [0, 0.1) is 5.82 Å². The van der Waals surface area contributed by atoms with E-state index in [1.54, 1.807) is 18.2 Å². The maximum atomic E-state index is 13.4. The molecule has 2 aromatic heterocycles.